The van der Waals surface area contributed by atoms with Crippen LogP contribution in [0, 0.1) is 10.1 Å². The van der Waals surface area contributed by atoms with Crippen molar-refractivity contribution < 1.29 is 22.9 Å². The Morgan fingerprint density at radius 2 is 1.79 bits per heavy atom. The number of nitro groups is 1. The standard InChI is InChI=1S/C13H15N3O7S/c1-8(17)23-4-5-24(21,22)12-7-10-9(6-11(12)16(19)20)14(2)13(18)15(10)3/h6-7H,4-5H2,1-3H3. The van der Waals surface area contributed by atoms with Crippen LogP contribution in [-0.4, -0.2) is 40.8 Å². The van der Waals surface area contributed by atoms with E-state index in [1.54, 1.807) is 0 Å². The normalized spacial score (nSPS) is 11.6. The zero-order valence-corrected chi connectivity index (χ0v) is 14.0. The maximum Gasteiger partial charge on any atom is 0.328 e. The first-order chi connectivity index (χ1) is 11.1. The SMILES string of the molecule is CC(=O)OCCS(=O)(=O)c1cc2c(cc1[N+](=O)[O-])n(C)c(=O)n2C. The van der Waals surface area contributed by atoms with Crippen LogP contribution >= 0.6 is 0 Å². The van der Waals surface area contributed by atoms with Gasteiger partial charge in [0.25, 0.3) is 5.69 Å². The summed E-state index contributed by atoms with van der Waals surface area (Å²) in [6.45, 7) is 0.710. The van der Waals surface area contributed by atoms with Crippen LogP contribution in [-0.2, 0) is 33.5 Å². The molecule has 0 N–H and O–H groups in total. The molecule has 0 aliphatic carbocycles. The highest BCUT2D eigenvalue weighted by atomic mass is 32.2. The Morgan fingerprint density at radius 1 is 1.25 bits per heavy atom. The highest BCUT2D eigenvalue weighted by Gasteiger charge is 2.28. The van der Waals surface area contributed by atoms with Gasteiger partial charge >= 0.3 is 11.7 Å². The smallest absolute Gasteiger partial charge is 0.328 e. The van der Waals surface area contributed by atoms with Crippen LogP contribution < -0.4 is 5.69 Å². The molecule has 1 heterocycles. The van der Waals surface area contributed by atoms with Crippen molar-refractivity contribution in [2.45, 2.75) is 11.8 Å². The summed E-state index contributed by atoms with van der Waals surface area (Å²) >= 11 is 0. The number of benzene rings is 1. The Labute approximate surface area is 136 Å². The fourth-order valence-corrected chi connectivity index (χ4v) is 3.58. The summed E-state index contributed by atoms with van der Waals surface area (Å²) in [6, 6.07) is 2.15. The molecule has 1 aromatic heterocycles. The Kier molecular flexibility index (Phi) is 4.47. The lowest BCUT2D eigenvalue weighted by Gasteiger charge is -2.07. The molecule has 24 heavy (non-hydrogen) atoms. The van der Waals surface area contributed by atoms with E-state index in [0.29, 0.717) is 0 Å². The number of aryl methyl sites for hydroxylation is 2. The van der Waals surface area contributed by atoms with Crippen molar-refractivity contribution in [1.29, 1.82) is 0 Å². The van der Waals surface area contributed by atoms with Crippen molar-refractivity contribution in [3.8, 4) is 0 Å². The van der Waals surface area contributed by atoms with Crippen LogP contribution in [0.5, 0.6) is 0 Å². The number of nitro benzene ring substituents is 1. The average Bonchev–Trinajstić information content (AvgIpc) is 2.70. The van der Waals surface area contributed by atoms with Gasteiger partial charge < -0.3 is 4.74 Å². The molecule has 0 saturated heterocycles. The van der Waals surface area contributed by atoms with Crippen LogP contribution in [0.2, 0.25) is 0 Å². The van der Waals surface area contributed by atoms with E-state index in [1.165, 1.54) is 23.2 Å². The van der Waals surface area contributed by atoms with Gasteiger partial charge in [0.05, 0.1) is 21.7 Å². The molecule has 11 heteroatoms. The molecule has 0 saturated carbocycles. The van der Waals surface area contributed by atoms with Crippen molar-refractivity contribution in [2.24, 2.45) is 14.1 Å². The number of hydrogen-bond acceptors (Lipinski definition) is 7. The van der Waals surface area contributed by atoms with Gasteiger partial charge in [-0.2, -0.15) is 0 Å². The molecule has 0 spiro atoms. The van der Waals surface area contributed by atoms with E-state index in [2.05, 4.69) is 4.74 Å². The van der Waals surface area contributed by atoms with Gasteiger partial charge in [-0.1, -0.05) is 0 Å². The lowest BCUT2D eigenvalue weighted by Crippen LogP contribution is -2.19. The molecule has 0 radical (unpaired) electrons. The minimum atomic E-state index is -4.09. The summed E-state index contributed by atoms with van der Waals surface area (Å²) in [5.41, 5.74) is -0.576. The number of fused-ring (bicyclic) bond motifs is 1. The minimum Gasteiger partial charge on any atom is -0.465 e. The second-order valence-electron chi connectivity index (χ2n) is 5.13. The molecule has 1 aromatic carbocycles. The molecule has 0 amide bonds. The van der Waals surface area contributed by atoms with Gasteiger partial charge in [0.1, 0.15) is 11.5 Å². The van der Waals surface area contributed by atoms with E-state index in [4.69, 9.17) is 0 Å². The van der Waals surface area contributed by atoms with Gasteiger partial charge in [0, 0.05) is 27.1 Å². The van der Waals surface area contributed by atoms with E-state index < -0.39 is 49.4 Å². The van der Waals surface area contributed by atoms with Crippen molar-refractivity contribution in [2.75, 3.05) is 12.4 Å². The molecule has 130 valence electrons. The van der Waals surface area contributed by atoms with Crippen LogP contribution in [0.4, 0.5) is 5.69 Å². The fraction of sp³-hybridized carbons (Fsp3) is 0.385. The lowest BCUT2D eigenvalue weighted by atomic mass is 10.2. The summed E-state index contributed by atoms with van der Waals surface area (Å²) in [4.78, 5) is 32.6. The number of carbonyl (C=O) groups excluding carboxylic acids is 1. The number of rotatable bonds is 5. The van der Waals surface area contributed by atoms with Gasteiger partial charge in [-0.3, -0.25) is 24.0 Å². The molecule has 0 aliphatic heterocycles. The lowest BCUT2D eigenvalue weighted by molar-refractivity contribution is -0.387. The van der Waals surface area contributed by atoms with Gasteiger partial charge in [0.15, 0.2) is 9.84 Å². The number of aromatic nitrogens is 2. The number of nitrogens with zero attached hydrogens (tertiary/aromatic N) is 3. The molecule has 10 nitrogen and oxygen atoms in total. The zero-order chi connectivity index (χ0) is 18.2. The summed E-state index contributed by atoms with van der Waals surface area (Å²) in [5.74, 6) is -1.25. The number of hydrogen-bond donors (Lipinski definition) is 0. The molecular formula is C13H15N3O7S. The number of ether oxygens (including phenoxy) is 1. The van der Waals surface area contributed by atoms with E-state index in [-0.39, 0.29) is 11.0 Å². The summed E-state index contributed by atoms with van der Waals surface area (Å²) in [5, 5.41) is 11.3. The first kappa shape index (κ1) is 17.7. The highest BCUT2D eigenvalue weighted by Crippen LogP contribution is 2.29. The first-order valence-corrected chi connectivity index (χ1v) is 8.41. The Hall–Kier alpha value is -2.69. The molecule has 0 aliphatic rings. The Balaban J connectivity index is 2.66. The maximum absolute atomic E-state index is 12.4. The summed E-state index contributed by atoms with van der Waals surface area (Å²) < 4.78 is 31.8. The average molecular weight is 357 g/mol. The van der Waals surface area contributed by atoms with Crippen LogP contribution in [0.3, 0.4) is 0 Å². The molecule has 0 atom stereocenters. The van der Waals surface area contributed by atoms with Crippen molar-refractivity contribution >= 4 is 32.5 Å². The van der Waals surface area contributed by atoms with Gasteiger partial charge in [-0.25, -0.2) is 13.2 Å². The third-order valence-corrected chi connectivity index (χ3v) is 5.24. The molecule has 0 bridgehead atoms. The second kappa shape index (κ2) is 6.07. The largest absolute Gasteiger partial charge is 0.465 e. The van der Waals surface area contributed by atoms with E-state index in [1.807, 2.05) is 0 Å². The topological polar surface area (TPSA) is 131 Å². The quantitative estimate of drug-likeness (QED) is 0.422. The van der Waals surface area contributed by atoms with Crippen LogP contribution in [0.25, 0.3) is 11.0 Å². The summed E-state index contributed by atoms with van der Waals surface area (Å²) in [7, 11) is -1.22. The zero-order valence-electron chi connectivity index (χ0n) is 13.2. The predicted molar refractivity (Wildman–Crippen MR) is 83.5 cm³/mol. The number of carbonyl (C=O) groups is 1. The van der Waals surface area contributed by atoms with E-state index in [0.717, 1.165) is 19.1 Å². The third-order valence-electron chi connectivity index (χ3n) is 3.54. The van der Waals surface area contributed by atoms with Crippen LogP contribution in [0.15, 0.2) is 21.8 Å². The second-order valence-corrected chi connectivity index (χ2v) is 7.20. The van der Waals surface area contributed by atoms with Crippen molar-refractivity contribution in [1.82, 2.24) is 9.13 Å². The van der Waals surface area contributed by atoms with Crippen molar-refractivity contribution in [3.05, 3.63) is 32.7 Å². The van der Waals surface area contributed by atoms with E-state index in [9.17, 15) is 28.1 Å². The van der Waals surface area contributed by atoms with Gasteiger partial charge in [-0.15, -0.1) is 0 Å². The summed E-state index contributed by atoms with van der Waals surface area (Å²) in [6.07, 6.45) is 0. The monoisotopic (exact) mass is 357 g/mol. The fourth-order valence-electron chi connectivity index (χ4n) is 2.31. The molecular weight excluding hydrogens is 342 g/mol. The Bertz CT molecular complexity index is 1000. The molecule has 2 rings (SSSR count). The first-order valence-electron chi connectivity index (χ1n) is 6.76. The highest BCUT2D eigenvalue weighted by molar-refractivity contribution is 7.91. The molecule has 0 unspecified atom stereocenters. The van der Waals surface area contributed by atoms with Gasteiger partial charge in [0.2, 0.25) is 0 Å². The predicted octanol–water partition coefficient (Wildman–Crippen LogP) is 0.122. The van der Waals surface area contributed by atoms with Crippen LogP contribution in [0.1, 0.15) is 6.92 Å². The number of esters is 1. The maximum atomic E-state index is 12.4. The molecule has 0 fully saturated rings. The number of imidazole rings is 1. The van der Waals surface area contributed by atoms with E-state index >= 15 is 0 Å². The third kappa shape index (κ3) is 3.02. The van der Waals surface area contributed by atoms with Gasteiger partial charge in [-0.05, 0) is 6.07 Å². The Morgan fingerprint density at radius 3 is 2.29 bits per heavy atom. The van der Waals surface area contributed by atoms with Crippen molar-refractivity contribution in [3.63, 3.8) is 0 Å². The molecule has 2 aromatic rings. The minimum absolute atomic E-state index is 0.244. The number of sulfone groups is 1.